The maximum absolute atomic E-state index is 13.9. The molecular weight excluding hydrogens is 199 g/mol. The summed E-state index contributed by atoms with van der Waals surface area (Å²) in [6.07, 6.45) is 0.700. The summed E-state index contributed by atoms with van der Waals surface area (Å²) in [7, 11) is 0. The highest BCUT2D eigenvalue weighted by Gasteiger charge is 2.23. The molecule has 0 aliphatic heterocycles. The van der Waals surface area contributed by atoms with Crippen LogP contribution in [0.5, 0.6) is 0 Å². The van der Waals surface area contributed by atoms with Crippen molar-refractivity contribution in [2.75, 3.05) is 0 Å². The summed E-state index contributed by atoms with van der Waals surface area (Å²) in [5.74, 6) is -0.146. The lowest BCUT2D eigenvalue weighted by Gasteiger charge is -2.22. The van der Waals surface area contributed by atoms with Crippen molar-refractivity contribution in [2.24, 2.45) is 0 Å². The predicted molar refractivity (Wildman–Crippen MR) is 59.5 cm³/mol. The van der Waals surface area contributed by atoms with Gasteiger partial charge in [0.1, 0.15) is 5.82 Å². The van der Waals surface area contributed by atoms with Gasteiger partial charge in [-0.15, -0.1) is 0 Å². The third kappa shape index (κ3) is 2.09. The molecule has 14 heavy (non-hydrogen) atoms. The minimum absolute atomic E-state index is 0.146. The molecule has 0 fully saturated rings. The van der Waals surface area contributed by atoms with Crippen molar-refractivity contribution in [2.45, 2.75) is 39.5 Å². The van der Waals surface area contributed by atoms with Crippen LogP contribution in [0.1, 0.15) is 38.8 Å². The molecule has 0 heterocycles. The van der Waals surface area contributed by atoms with Gasteiger partial charge >= 0.3 is 0 Å². The molecular formula is C12H16ClF. The van der Waals surface area contributed by atoms with E-state index in [0.29, 0.717) is 17.0 Å². The van der Waals surface area contributed by atoms with E-state index in [4.69, 9.17) is 11.6 Å². The highest BCUT2D eigenvalue weighted by molar-refractivity contribution is 6.31. The first-order chi connectivity index (χ1) is 6.38. The molecule has 1 aromatic rings. The molecule has 0 amide bonds. The Morgan fingerprint density at radius 3 is 2.29 bits per heavy atom. The number of halogens is 2. The fourth-order valence-corrected chi connectivity index (χ4v) is 1.99. The average Bonchev–Trinajstić information content (AvgIpc) is 2.02. The lowest BCUT2D eigenvalue weighted by Crippen LogP contribution is -2.15. The summed E-state index contributed by atoms with van der Waals surface area (Å²) >= 11 is 6.00. The van der Waals surface area contributed by atoms with Gasteiger partial charge in [-0.25, -0.2) is 4.39 Å². The first-order valence-electron chi connectivity index (χ1n) is 4.85. The highest BCUT2D eigenvalue weighted by atomic mass is 35.5. The van der Waals surface area contributed by atoms with Gasteiger partial charge in [0.2, 0.25) is 0 Å². The molecule has 0 saturated heterocycles. The minimum Gasteiger partial charge on any atom is -0.206 e. The Balaban J connectivity index is 3.40. The maximum atomic E-state index is 13.9. The van der Waals surface area contributed by atoms with E-state index in [9.17, 15) is 4.39 Å². The molecule has 0 aliphatic rings. The standard InChI is InChI=1S/C12H16ClF/c1-5-8-6-7-9(13)10(11(8)14)12(2,3)4/h6-7H,5H2,1-4H3. The Labute approximate surface area is 90.1 Å². The third-order valence-corrected chi connectivity index (χ3v) is 2.62. The lowest BCUT2D eigenvalue weighted by atomic mass is 9.85. The van der Waals surface area contributed by atoms with E-state index in [-0.39, 0.29) is 11.2 Å². The molecule has 2 heteroatoms. The number of aryl methyl sites for hydroxylation is 1. The summed E-state index contributed by atoms with van der Waals surface area (Å²) in [4.78, 5) is 0. The van der Waals surface area contributed by atoms with E-state index in [1.54, 1.807) is 12.1 Å². The Hall–Kier alpha value is -0.560. The normalized spacial score (nSPS) is 11.9. The fraction of sp³-hybridized carbons (Fsp3) is 0.500. The van der Waals surface area contributed by atoms with Crippen LogP contribution < -0.4 is 0 Å². The summed E-state index contributed by atoms with van der Waals surface area (Å²) in [5.41, 5.74) is 1.12. The third-order valence-electron chi connectivity index (χ3n) is 2.30. The number of rotatable bonds is 1. The van der Waals surface area contributed by atoms with E-state index in [2.05, 4.69) is 0 Å². The van der Waals surface area contributed by atoms with E-state index >= 15 is 0 Å². The van der Waals surface area contributed by atoms with Crippen molar-refractivity contribution in [1.29, 1.82) is 0 Å². The SMILES string of the molecule is CCc1ccc(Cl)c(C(C)(C)C)c1F. The van der Waals surface area contributed by atoms with E-state index in [0.717, 1.165) is 5.56 Å². The lowest BCUT2D eigenvalue weighted by molar-refractivity contribution is 0.516. The second-order valence-corrected chi connectivity index (χ2v) is 4.91. The minimum atomic E-state index is -0.244. The largest absolute Gasteiger partial charge is 0.206 e. The zero-order chi connectivity index (χ0) is 10.9. The quantitative estimate of drug-likeness (QED) is 0.653. The Morgan fingerprint density at radius 1 is 1.29 bits per heavy atom. The number of hydrogen-bond donors (Lipinski definition) is 0. The van der Waals surface area contributed by atoms with Crippen LogP contribution in [0.4, 0.5) is 4.39 Å². The smallest absolute Gasteiger partial charge is 0.131 e. The van der Waals surface area contributed by atoms with E-state index < -0.39 is 0 Å². The van der Waals surface area contributed by atoms with Gasteiger partial charge in [-0.05, 0) is 23.5 Å². The molecule has 0 atom stereocenters. The molecule has 0 aliphatic carbocycles. The Bertz CT molecular complexity index is 337. The number of benzene rings is 1. The predicted octanol–water partition coefficient (Wildman–Crippen LogP) is 4.34. The van der Waals surface area contributed by atoms with E-state index in [1.165, 1.54) is 0 Å². The van der Waals surface area contributed by atoms with Crippen LogP contribution in [0.2, 0.25) is 5.02 Å². The van der Waals surface area contributed by atoms with Gasteiger partial charge in [0.15, 0.2) is 0 Å². The van der Waals surface area contributed by atoms with Crippen LogP contribution >= 0.6 is 11.6 Å². The average molecular weight is 215 g/mol. The van der Waals surface area contributed by atoms with Crippen molar-refractivity contribution in [3.8, 4) is 0 Å². The molecule has 1 rings (SSSR count). The summed E-state index contributed by atoms with van der Waals surface area (Å²) < 4.78 is 13.9. The summed E-state index contributed by atoms with van der Waals surface area (Å²) in [6.45, 7) is 7.85. The van der Waals surface area contributed by atoms with E-state index in [1.807, 2.05) is 27.7 Å². The molecule has 0 nitrogen and oxygen atoms in total. The molecule has 0 unspecified atom stereocenters. The van der Waals surface area contributed by atoms with Crippen molar-refractivity contribution >= 4 is 11.6 Å². The topological polar surface area (TPSA) is 0 Å². The van der Waals surface area contributed by atoms with Crippen LogP contribution in [0.25, 0.3) is 0 Å². The molecule has 0 radical (unpaired) electrons. The van der Waals surface area contributed by atoms with Crippen molar-refractivity contribution in [3.63, 3.8) is 0 Å². The Kier molecular flexibility index (Phi) is 3.20. The first-order valence-corrected chi connectivity index (χ1v) is 5.23. The van der Waals surface area contributed by atoms with Crippen LogP contribution in [-0.2, 0) is 11.8 Å². The Morgan fingerprint density at radius 2 is 1.86 bits per heavy atom. The maximum Gasteiger partial charge on any atom is 0.131 e. The van der Waals surface area contributed by atoms with Gasteiger partial charge in [-0.2, -0.15) is 0 Å². The number of hydrogen-bond acceptors (Lipinski definition) is 0. The molecule has 0 spiro atoms. The monoisotopic (exact) mass is 214 g/mol. The van der Waals surface area contributed by atoms with Gasteiger partial charge in [0.25, 0.3) is 0 Å². The first kappa shape index (κ1) is 11.5. The zero-order valence-corrected chi connectivity index (χ0v) is 9.87. The van der Waals surface area contributed by atoms with Crippen LogP contribution in [-0.4, -0.2) is 0 Å². The highest BCUT2D eigenvalue weighted by Crippen LogP contribution is 2.33. The van der Waals surface area contributed by atoms with Gasteiger partial charge in [-0.3, -0.25) is 0 Å². The van der Waals surface area contributed by atoms with Gasteiger partial charge < -0.3 is 0 Å². The van der Waals surface area contributed by atoms with Gasteiger partial charge in [0, 0.05) is 10.6 Å². The molecule has 0 aromatic heterocycles. The zero-order valence-electron chi connectivity index (χ0n) is 9.12. The second-order valence-electron chi connectivity index (χ2n) is 4.50. The molecule has 78 valence electrons. The van der Waals surface area contributed by atoms with Crippen molar-refractivity contribution in [1.82, 2.24) is 0 Å². The summed E-state index contributed by atoms with van der Waals surface area (Å²) in [5, 5.41) is 0.521. The van der Waals surface area contributed by atoms with Gasteiger partial charge in [-0.1, -0.05) is 45.4 Å². The van der Waals surface area contributed by atoms with Crippen LogP contribution in [0, 0.1) is 5.82 Å². The summed E-state index contributed by atoms with van der Waals surface area (Å²) in [6, 6.07) is 3.54. The van der Waals surface area contributed by atoms with Crippen LogP contribution in [0.3, 0.4) is 0 Å². The second kappa shape index (κ2) is 3.90. The van der Waals surface area contributed by atoms with Crippen molar-refractivity contribution in [3.05, 3.63) is 34.1 Å². The van der Waals surface area contributed by atoms with Crippen LogP contribution in [0.15, 0.2) is 12.1 Å². The molecule has 0 bridgehead atoms. The molecule has 0 N–H and O–H groups in total. The van der Waals surface area contributed by atoms with Crippen molar-refractivity contribution < 1.29 is 4.39 Å². The molecule has 1 aromatic carbocycles. The van der Waals surface area contributed by atoms with Gasteiger partial charge in [0.05, 0.1) is 0 Å². The molecule has 0 saturated carbocycles. The fourth-order valence-electron chi connectivity index (χ4n) is 1.56.